The van der Waals surface area contributed by atoms with E-state index in [1.54, 1.807) is 0 Å². The van der Waals surface area contributed by atoms with Gasteiger partial charge in [-0.15, -0.1) is 0 Å². The summed E-state index contributed by atoms with van der Waals surface area (Å²) in [4.78, 5) is 1.87. The van der Waals surface area contributed by atoms with E-state index in [1.807, 2.05) is 102 Å². The van der Waals surface area contributed by atoms with Gasteiger partial charge in [-0.1, -0.05) is 212 Å². The van der Waals surface area contributed by atoms with Crippen molar-refractivity contribution in [2.45, 2.75) is 0 Å². The van der Waals surface area contributed by atoms with E-state index >= 15 is 0 Å². The minimum Gasteiger partial charge on any atom is -0.311 e. The topological polar surface area (TPSA) is 3.24 Å². The van der Waals surface area contributed by atoms with E-state index in [4.69, 9.17) is 0 Å². The SMILES string of the molecule is [2H]c1c([2H])c(N(c2ccc(-c3cc(-c4ccccc4)cc(-c4ccccc4)c3)cc2)c2ccc(-c3c(-c4ccccc4)ccc4ccccc34)cc2)c([2H])c([2H])c1-c1cccc(-c2ccccc2)c1. The van der Waals surface area contributed by atoms with Crippen molar-refractivity contribution in [2.24, 2.45) is 0 Å². The molecular weight excluding hydrogens is 783 g/mol. The number of rotatable bonds is 10. The van der Waals surface area contributed by atoms with E-state index in [0.29, 0.717) is 16.9 Å². The molecule has 1 nitrogen and oxygen atoms in total. The first-order valence-corrected chi connectivity index (χ1v) is 22.0. The molecule has 0 radical (unpaired) electrons. The average Bonchev–Trinajstić information content (AvgIpc) is 3.42. The molecule has 1 heteroatoms. The highest BCUT2D eigenvalue weighted by molar-refractivity contribution is 6.04. The van der Waals surface area contributed by atoms with E-state index in [2.05, 4.69) is 152 Å². The second-order valence-corrected chi connectivity index (χ2v) is 16.2. The van der Waals surface area contributed by atoms with Crippen molar-refractivity contribution in [3.05, 3.63) is 273 Å². The van der Waals surface area contributed by atoms with Crippen LogP contribution >= 0.6 is 0 Å². The Morgan fingerprint density at radius 3 is 1.18 bits per heavy atom. The van der Waals surface area contributed by atoms with E-state index in [0.717, 1.165) is 77.5 Å². The highest BCUT2D eigenvalue weighted by atomic mass is 15.1. The zero-order valence-corrected chi connectivity index (χ0v) is 35.6. The minimum absolute atomic E-state index is 0.108. The highest BCUT2D eigenvalue weighted by Crippen LogP contribution is 2.42. The summed E-state index contributed by atoms with van der Waals surface area (Å²) in [6.45, 7) is 0. The molecule has 11 aromatic rings. The molecule has 11 rings (SSSR count). The maximum Gasteiger partial charge on any atom is 0.0645 e. The molecule has 65 heavy (non-hydrogen) atoms. The molecule has 0 heterocycles. The van der Waals surface area contributed by atoms with Crippen molar-refractivity contribution in [3.63, 3.8) is 0 Å². The van der Waals surface area contributed by atoms with Gasteiger partial charge in [0.25, 0.3) is 0 Å². The van der Waals surface area contributed by atoms with Gasteiger partial charge in [-0.05, 0) is 149 Å². The van der Waals surface area contributed by atoms with E-state index in [-0.39, 0.29) is 35.4 Å². The number of hydrogen-bond acceptors (Lipinski definition) is 1. The lowest BCUT2D eigenvalue weighted by Crippen LogP contribution is -2.09. The van der Waals surface area contributed by atoms with E-state index in [1.165, 1.54) is 0 Å². The molecule has 0 aromatic heterocycles. The summed E-state index contributed by atoms with van der Waals surface area (Å²) < 4.78 is 38.5. The number of nitrogens with zero attached hydrogens (tertiary/aromatic N) is 1. The quantitative estimate of drug-likeness (QED) is 0.133. The molecule has 306 valence electrons. The van der Waals surface area contributed by atoms with Crippen molar-refractivity contribution in [3.8, 4) is 77.9 Å². The lowest BCUT2D eigenvalue weighted by atomic mass is 9.89. The second-order valence-electron chi connectivity index (χ2n) is 16.2. The molecule has 0 saturated heterocycles. The Kier molecular flexibility index (Phi) is 9.52. The Labute approximate surface area is 387 Å². The fourth-order valence-electron chi connectivity index (χ4n) is 8.86. The van der Waals surface area contributed by atoms with Crippen LogP contribution in [-0.4, -0.2) is 0 Å². The minimum atomic E-state index is -0.132. The van der Waals surface area contributed by atoms with Crippen LogP contribution in [0.3, 0.4) is 0 Å². The summed E-state index contributed by atoms with van der Waals surface area (Å²) in [6.07, 6.45) is 0. The lowest BCUT2D eigenvalue weighted by Gasteiger charge is -2.26. The van der Waals surface area contributed by atoms with Crippen molar-refractivity contribution in [2.75, 3.05) is 4.90 Å². The Hall–Kier alpha value is -8.52. The fraction of sp³-hybridized carbons (Fsp3) is 0. The van der Waals surface area contributed by atoms with Crippen molar-refractivity contribution < 1.29 is 5.48 Å². The van der Waals surface area contributed by atoms with Crippen molar-refractivity contribution in [1.29, 1.82) is 0 Å². The molecule has 0 atom stereocenters. The third kappa shape index (κ3) is 8.16. The Bertz CT molecular complexity index is 3530. The molecule has 0 aliphatic carbocycles. The monoisotopic (exact) mass is 831 g/mol. The van der Waals surface area contributed by atoms with Gasteiger partial charge in [0.05, 0.1) is 5.48 Å². The van der Waals surface area contributed by atoms with Crippen LogP contribution in [0.1, 0.15) is 5.48 Å². The maximum atomic E-state index is 9.72. The first kappa shape index (κ1) is 35.0. The molecule has 0 aliphatic heterocycles. The van der Waals surface area contributed by atoms with Crippen LogP contribution in [0.25, 0.3) is 88.7 Å². The van der Waals surface area contributed by atoms with Gasteiger partial charge >= 0.3 is 0 Å². The normalized spacial score (nSPS) is 11.9. The third-order valence-corrected chi connectivity index (χ3v) is 12.1. The number of benzene rings is 11. The fourth-order valence-corrected chi connectivity index (χ4v) is 8.86. The molecule has 0 unspecified atom stereocenters. The molecule has 0 N–H and O–H groups in total. The van der Waals surface area contributed by atoms with Crippen LogP contribution in [0.5, 0.6) is 0 Å². The second kappa shape index (κ2) is 17.7. The van der Waals surface area contributed by atoms with Gasteiger partial charge in [0.15, 0.2) is 0 Å². The predicted octanol–water partition coefficient (Wildman–Crippen LogP) is 18.0. The predicted molar refractivity (Wildman–Crippen MR) is 277 cm³/mol. The van der Waals surface area contributed by atoms with Gasteiger partial charge in [0.2, 0.25) is 0 Å². The van der Waals surface area contributed by atoms with Gasteiger partial charge in [0.1, 0.15) is 0 Å². The molecule has 0 saturated carbocycles. The highest BCUT2D eigenvalue weighted by Gasteiger charge is 2.17. The van der Waals surface area contributed by atoms with Crippen LogP contribution in [0.15, 0.2) is 273 Å². The van der Waals surface area contributed by atoms with Crippen LogP contribution in [0, 0.1) is 0 Å². The van der Waals surface area contributed by atoms with Crippen LogP contribution in [0.2, 0.25) is 0 Å². The molecule has 0 bridgehead atoms. The van der Waals surface area contributed by atoms with Crippen LogP contribution < -0.4 is 4.90 Å². The van der Waals surface area contributed by atoms with E-state index < -0.39 is 0 Å². The largest absolute Gasteiger partial charge is 0.311 e. The van der Waals surface area contributed by atoms with Crippen LogP contribution in [-0.2, 0) is 0 Å². The third-order valence-electron chi connectivity index (χ3n) is 12.1. The summed E-state index contributed by atoms with van der Waals surface area (Å²) >= 11 is 0. The number of fused-ring (bicyclic) bond motifs is 1. The van der Waals surface area contributed by atoms with Gasteiger partial charge < -0.3 is 4.90 Å². The summed E-state index contributed by atoms with van der Waals surface area (Å²) in [5, 5.41) is 2.28. The lowest BCUT2D eigenvalue weighted by molar-refractivity contribution is 1.28. The first-order chi connectivity index (χ1) is 33.9. The molecule has 0 amide bonds. The molecule has 0 spiro atoms. The maximum absolute atomic E-state index is 9.72. The van der Waals surface area contributed by atoms with Crippen molar-refractivity contribution >= 4 is 27.8 Å². The summed E-state index contributed by atoms with van der Waals surface area (Å²) in [7, 11) is 0. The van der Waals surface area contributed by atoms with Gasteiger partial charge in [-0.2, -0.15) is 0 Å². The smallest absolute Gasteiger partial charge is 0.0645 e. The number of hydrogen-bond donors (Lipinski definition) is 0. The van der Waals surface area contributed by atoms with Gasteiger partial charge in [0, 0.05) is 17.1 Å². The standard InChI is InChI=1S/C64H45N/c1-5-16-46(17-6-1)54-25-15-26-55(42-54)49-28-35-59(36-29-49)65(61-39-32-53(33-40-61)64-62-27-14-13-24-52(62)34-41-63(64)51-22-11-4-12-23-51)60-37-30-50(31-38-60)58-44-56(47-18-7-2-8-19-47)43-57(45-58)48-20-9-3-10-21-48/h1-45H/i28D,29D,35D,36D. The zero-order chi connectivity index (χ0) is 46.8. The van der Waals surface area contributed by atoms with Gasteiger partial charge in [-0.3, -0.25) is 0 Å². The number of anilines is 3. The Morgan fingerprint density at radius 2 is 0.646 bits per heavy atom. The first-order valence-electron chi connectivity index (χ1n) is 24.0. The summed E-state index contributed by atoms with van der Waals surface area (Å²) in [5.41, 5.74) is 15.3. The van der Waals surface area contributed by atoms with Crippen LogP contribution in [0.4, 0.5) is 17.1 Å². The molecule has 11 aromatic carbocycles. The zero-order valence-electron chi connectivity index (χ0n) is 39.6. The Morgan fingerprint density at radius 1 is 0.246 bits per heavy atom. The molecule has 0 fully saturated rings. The van der Waals surface area contributed by atoms with Crippen molar-refractivity contribution in [1.82, 2.24) is 0 Å². The summed E-state index contributed by atoms with van der Waals surface area (Å²) in [6, 6.07) is 84.4. The molecular formula is C64H45N. The van der Waals surface area contributed by atoms with E-state index in [9.17, 15) is 5.48 Å². The van der Waals surface area contributed by atoms with Gasteiger partial charge in [-0.25, -0.2) is 0 Å². The molecule has 0 aliphatic rings. The Balaban J connectivity index is 1.06. The average molecular weight is 832 g/mol. The summed E-state index contributed by atoms with van der Waals surface area (Å²) in [5.74, 6) is 0.